The van der Waals surface area contributed by atoms with Crippen molar-refractivity contribution in [2.45, 2.75) is 6.92 Å². The van der Waals surface area contributed by atoms with Crippen molar-refractivity contribution in [3.05, 3.63) is 71.5 Å². The Morgan fingerprint density at radius 2 is 1.68 bits per heavy atom. The number of nitrogens with zero attached hydrogens (tertiary/aromatic N) is 1. The molecular formula is C22H22N3+. The first-order chi connectivity index (χ1) is 12.2. The van der Waals surface area contributed by atoms with Crippen LogP contribution < -0.4 is 9.88 Å². The predicted molar refractivity (Wildman–Crippen MR) is 107 cm³/mol. The van der Waals surface area contributed by atoms with Crippen LogP contribution in [0.25, 0.3) is 34.0 Å². The molecule has 0 saturated carbocycles. The highest BCUT2D eigenvalue weighted by Gasteiger charge is 2.14. The minimum atomic E-state index is 1.14. The van der Waals surface area contributed by atoms with Crippen LogP contribution >= 0.6 is 0 Å². The first-order valence-corrected chi connectivity index (χ1v) is 8.54. The lowest BCUT2D eigenvalue weighted by atomic mass is 10.1. The highest BCUT2D eigenvalue weighted by atomic mass is 14.9. The Hall–Kier alpha value is -3.07. The first-order valence-electron chi connectivity index (χ1n) is 8.54. The van der Waals surface area contributed by atoms with Crippen LogP contribution in [0.5, 0.6) is 0 Å². The zero-order valence-electron chi connectivity index (χ0n) is 14.8. The van der Waals surface area contributed by atoms with Gasteiger partial charge in [0, 0.05) is 47.4 Å². The Balaban J connectivity index is 1.86. The largest absolute Gasteiger partial charge is 0.387 e. The lowest BCUT2D eigenvalue weighted by Crippen LogP contribution is -2.33. The van der Waals surface area contributed by atoms with Crippen molar-refractivity contribution in [1.29, 1.82) is 0 Å². The molecule has 4 aromatic rings. The molecule has 0 fully saturated rings. The second-order valence-electron chi connectivity index (χ2n) is 6.35. The fraction of sp³-hybridized carbons (Fsp3) is 0.136. The van der Waals surface area contributed by atoms with Gasteiger partial charge in [0.2, 0.25) is 11.2 Å². The van der Waals surface area contributed by atoms with E-state index in [-0.39, 0.29) is 0 Å². The summed E-state index contributed by atoms with van der Waals surface area (Å²) in [7, 11) is 4.09. The molecule has 0 aliphatic carbocycles. The highest BCUT2D eigenvalue weighted by molar-refractivity contribution is 5.94. The van der Waals surface area contributed by atoms with E-state index in [9.17, 15) is 0 Å². The van der Waals surface area contributed by atoms with Crippen molar-refractivity contribution in [3.8, 4) is 0 Å². The quantitative estimate of drug-likeness (QED) is 0.526. The third kappa shape index (κ3) is 2.58. The Bertz CT molecular complexity index is 1100. The number of aromatic nitrogens is 2. The summed E-state index contributed by atoms with van der Waals surface area (Å²) in [5.74, 6) is 0. The average Bonchev–Trinajstić information content (AvgIpc) is 2.96. The van der Waals surface area contributed by atoms with Crippen LogP contribution in [0.1, 0.15) is 17.0 Å². The standard InChI is InChI=1S/C22H21N3/c1-15-17(18-8-4-6-10-20(18)24-15)13-12-16-14-21(23-2)19-9-5-7-11-22(19)25(16)3/h4-14H,1-3H3,(H,23,24)/p+1. The van der Waals surface area contributed by atoms with Crippen molar-refractivity contribution < 1.29 is 4.57 Å². The van der Waals surface area contributed by atoms with E-state index in [2.05, 4.69) is 95.6 Å². The third-order valence-corrected chi connectivity index (χ3v) is 4.87. The fourth-order valence-corrected chi connectivity index (χ4v) is 3.50. The first kappa shape index (κ1) is 15.5. The predicted octanol–water partition coefficient (Wildman–Crippen LogP) is 4.67. The summed E-state index contributed by atoms with van der Waals surface area (Å²) in [6.45, 7) is 2.12. The summed E-state index contributed by atoms with van der Waals surface area (Å²) in [5, 5.41) is 5.81. The Kier molecular flexibility index (Phi) is 3.77. The average molecular weight is 328 g/mol. The van der Waals surface area contributed by atoms with Gasteiger partial charge in [-0.1, -0.05) is 30.3 Å². The van der Waals surface area contributed by atoms with Crippen LogP contribution in [0.2, 0.25) is 0 Å². The van der Waals surface area contributed by atoms with Gasteiger partial charge < -0.3 is 10.3 Å². The number of nitrogens with one attached hydrogen (secondary N) is 2. The number of anilines is 1. The van der Waals surface area contributed by atoms with E-state index in [0.717, 1.165) is 11.4 Å². The second kappa shape index (κ2) is 6.10. The fourth-order valence-electron chi connectivity index (χ4n) is 3.50. The molecule has 0 unspecified atom stereocenters. The van der Waals surface area contributed by atoms with Gasteiger partial charge in [-0.25, -0.2) is 0 Å². The Morgan fingerprint density at radius 3 is 2.48 bits per heavy atom. The summed E-state index contributed by atoms with van der Waals surface area (Å²) in [6, 6.07) is 19.1. The minimum Gasteiger partial charge on any atom is -0.387 e. The van der Waals surface area contributed by atoms with E-state index in [0.29, 0.717) is 0 Å². The van der Waals surface area contributed by atoms with E-state index in [1.165, 1.54) is 33.1 Å². The van der Waals surface area contributed by atoms with Gasteiger partial charge in [0.1, 0.15) is 7.05 Å². The lowest BCUT2D eigenvalue weighted by molar-refractivity contribution is -0.646. The number of hydrogen-bond donors (Lipinski definition) is 2. The second-order valence-corrected chi connectivity index (χ2v) is 6.35. The van der Waals surface area contributed by atoms with Gasteiger partial charge in [-0.15, -0.1) is 0 Å². The normalized spacial score (nSPS) is 11.6. The van der Waals surface area contributed by atoms with Gasteiger partial charge in [0.25, 0.3) is 0 Å². The molecule has 0 amide bonds. The van der Waals surface area contributed by atoms with Crippen molar-refractivity contribution in [1.82, 2.24) is 4.98 Å². The molecule has 0 radical (unpaired) electrons. The molecule has 25 heavy (non-hydrogen) atoms. The van der Waals surface area contributed by atoms with E-state index in [1.807, 2.05) is 7.05 Å². The highest BCUT2D eigenvalue weighted by Crippen LogP contribution is 2.25. The molecule has 2 aromatic heterocycles. The molecule has 2 N–H and O–H groups in total. The van der Waals surface area contributed by atoms with Gasteiger partial charge in [-0.05, 0) is 25.1 Å². The molecule has 3 heteroatoms. The molecular weight excluding hydrogens is 306 g/mol. The van der Waals surface area contributed by atoms with Gasteiger partial charge in [0.15, 0.2) is 0 Å². The number of benzene rings is 2. The number of aromatic amines is 1. The molecule has 2 aromatic carbocycles. The van der Waals surface area contributed by atoms with Crippen molar-refractivity contribution in [2.24, 2.45) is 7.05 Å². The van der Waals surface area contributed by atoms with Gasteiger partial charge in [-0.3, -0.25) is 0 Å². The summed E-state index contributed by atoms with van der Waals surface area (Å²) in [4.78, 5) is 3.46. The summed E-state index contributed by atoms with van der Waals surface area (Å²) in [5.41, 5.74) is 7.13. The Morgan fingerprint density at radius 1 is 0.960 bits per heavy atom. The SMILES string of the molecule is CNc1cc(/C=C/c2c(C)[nH]c3ccccc23)[n+](C)c2ccccc12. The van der Waals surface area contributed by atoms with E-state index < -0.39 is 0 Å². The minimum absolute atomic E-state index is 1.14. The molecule has 0 aliphatic rings. The van der Waals surface area contributed by atoms with Crippen LogP contribution in [0.4, 0.5) is 5.69 Å². The number of aryl methyl sites for hydroxylation is 2. The van der Waals surface area contributed by atoms with Gasteiger partial charge in [-0.2, -0.15) is 4.57 Å². The van der Waals surface area contributed by atoms with Crippen LogP contribution in [-0.4, -0.2) is 12.0 Å². The zero-order valence-corrected chi connectivity index (χ0v) is 14.8. The number of para-hydroxylation sites is 2. The van der Waals surface area contributed by atoms with E-state index in [1.54, 1.807) is 0 Å². The van der Waals surface area contributed by atoms with Crippen LogP contribution in [0.15, 0.2) is 54.6 Å². The number of hydrogen-bond acceptors (Lipinski definition) is 1. The van der Waals surface area contributed by atoms with Gasteiger partial charge in [0.05, 0.1) is 11.1 Å². The molecule has 4 rings (SSSR count). The third-order valence-electron chi connectivity index (χ3n) is 4.87. The van der Waals surface area contributed by atoms with Crippen molar-refractivity contribution >= 4 is 39.6 Å². The lowest BCUT2D eigenvalue weighted by Gasteiger charge is -2.06. The summed E-state index contributed by atoms with van der Waals surface area (Å²) >= 11 is 0. The molecule has 2 heterocycles. The van der Waals surface area contributed by atoms with Crippen molar-refractivity contribution in [3.63, 3.8) is 0 Å². The smallest absolute Gasteiger partial charge is 0.214 e. The zero-order chi connectivity index (χ0) is 17.4. The van der Waals surface area contributed by atoms with E-state index >= 15 is 0 Å². The molecule has 0 spiro atoms. The van der Waals surface area contributed by atoms with Crippen molar-refractivity contribution in [2.75, 3.05) is 12.4 Å². The van der Waals surface area contributed by atoms with Crippen LogP contribution in [0, 0.1) is 6.92 Å². The number of pyridine rings is 1. The maximum atomic E-state index is 3.46. The molecule has 3 nitrogen and oxygen atoms in total. The van der Waals surface area contributed by atoms with Crippen LogP contribution in [-0.2, 0) is 7.05 Å². The maximum Gasteiger partial charge on any atom is 0.214 e. The molecule has 0 bridgehead atoms. The van der Waals surface area contributed by atoms with Crippen LogP contribution in [0.3, 0.4) is 0 Å². The topological polar surface area (TPSA) is 31.7 Å². The molecule has 0 atom stereocenters. The Labute approximate surface area is 147 Å². The van der Waals surface area contributed by atoms with Gasteiger partial charge >= 0.3 is 0 Å². The van der Waals surface area contributed by atoms with E-state index in [4.69, 9.17) is 0 Å². The number of rotatable bonds is 3. The summed E-state index contributed by atoms with van der Waals surface area (Å²) in [6.07, 6.45) is 4.40. The summed E-state index contributed by atoms with van der Waals surface area (Å²) < 4.78 is 2.23. The molecule has 0 saturated heterocycles. The number of H-pyrrole nitrogens is 1. The molecule has 0 aliphatic heterocycles. The number of fused-ring (bicyclic) bond motifs is 2. The molecule has 124 valence electrons. The maximum absolute atomic E-state index is 3.46. The monoisotopic (exact) mass is 328 g/mol.